The molecule has 1 fully saturated rings. The van der Waals surface area contributed by atoms with Crippen molar-refractivity contribution in [2.75, 3.05) is 5.75 Å². The molecule has 100 valence electrons. The highest BCUT2D eigenvalue weighted by molar-refractivity contribution is 7.89. The standard InChI is InChI=1S/C11H23N3O2S/c1-3-9-5-7-11(8-6-9,10(12)13)14-17(15,16)4-2/h9,14H,3-8H2,1-2H3,(H3,12,13). The quantitative estimate of drug-likeness (QED) is 0.512. The van der Waals surface area contributed by atoms with Gasteiger partial charge in [0.25, 0.3) is 0 Å². The summed E-state index contributed by atoms with van der Waals surface area (Å²) >= 11 is 0. The predicted molar refractivity (Wildman–Crippen MR) is 69.5 cm³/mol. The molecule has 4 N–H and O–H groups in total. The highest BCUT2D eigenvalue weighted by Crippen LogP contribution is 2.34. The first-order valence-electron chi connectivity index (χ1n) is 6.21. The van der Waals surface area contributed by atoms with Crippen LogP contribution in [0.3, 0.4) is 0 Å². The van der Waals surface area contributed by atoms with E-state index in [9.17, 15) is 8.42 Å². The zero-order valence-corrected chi connectivity index (χ0v) is 11.4. The van der Waals surface area contributed by atoms with Crippen LogP contribution in [0.2, 0.25) is 0 Å². The minimum atomic E-state index is -3.32. The van der Waals surface area contributed by atoms with Gasteiger partial charge in [0.15, 0.2) is 0 Å². The number of amidine groups is 1. The third-order valence-corrected chi connectivity index (χ3v) is 5.24. The van der Waals surface area contributed by atoms with Crippen LogP contribution in [0.25, 0.3) is 0 Å². The van der Waals surface area contributed by atoms with Crippen LogP contribution in [0.15, 0.2) is 0 Å². The SMILES string of the molecule is CCC1CCC(NS(=O)(=O)CC)(C(=N)N)CC1. The first-order chi connectivity index (χ1) is 7.85. The molecule has 0 saturated heterocycles. The lowest BCUT2D eigenvalue weighted by Gasteiger charge is -2.39. The van der Waals surface area contributed by atoms with Gasteiger partial charge in [-0.05, 0) is 38.5 Å². The Morgan fingerprint density at radius 2 is 1.94 bits per heavy atom. The van der Waals surface area contributed by atoms with Crippen molar-refractivity contribution in [3.63, 3.8) is 0 Å². The normalized spacial score (nSPS) is 30.1. The molecule has 0 radical (unpaired) electrons. The van der Waals surface area contributed by atoms with Gasteiger partial charge in [-0.3, -0.25) is 5.41 Å². The first kappa shape index (κ1) is 14.4. The smallest absolute Gasteiger partial charge is 0.212 e. The topological polar surface area (TPSA) is 96.0 Å². The van der Waals surface area contributed by atoms with E-state index in [4.69, 9.17) is 11.1 Å². The van der Waals surface area contributed by atoms with Crippen molar-refractivity contribution in [2.24, 2.45) is 11.7 Å². The second-order valence-corrected chi connectivity index (χ2v) is 6.86. The highest BCUT2D eigenvalue weighted by Gasteiger charge is 2.40. The zero-order chi connectivity index (χ0) is 13.1. The Hall–Kier alpha value is -0.620. The molecule has 0 aliphatic heterocycles. The van der Waals surface area contributed by atoms with E-state index in [1.165, 1.54) is 0 Å². The van der Waals surface area contributed by atoms with Crippen molar-refractivity contribution in [3.8, 4) is 0 Å². The fraction of sp³-hybridized carbons (Fsp3) is 0.909. The Balaban J connectivity index is 2.83. The zero-order valence-electron chi connectivity index (χ0n) is 10.6. The number of rotatable bonds is 5. The number of sulfonamides is 1. The van der Waals surface area contributed by atoms with E-state index in [0.717, 1.165) is 19.3 Å². The molecule has 1 aliphatic carbocycles. The summed E-state index contributed by atoms with van der Waals surface area (Å²) in [7, 11) is -3.32. The number of hydrogen-bond donors (Lipinski definition) is 3. The molecule has 17 heavy (non-hydrogen) atoms. The molecule has 0 unspecified atom stereocenters. The summed E-state index contributed by atoms with van der Waals surface area (Å²) in [6.45, 7) is 3.73. The summed E-state index contributed by atoms with van der Waals surface area (Å²) in [6.07, 6.45) is 4.25. The highest BCUT2D eigenvalue weighted by atomic mass is 32.2. The van der Waals surface area contributed by atoms with Crippen molar-refractivity contribution in [3.05, 3.63) is 0 Å². The van der Waals surface area contributed by atoms with Gasteiger partial charge in [-0.2, -0.15) is 0 Å². The molecular weight excluding hydrogens is 238 g/mol. The van der Waals surface area contributed by atoms with Crippen LogP contribution in [-0.2, 0) is 10.0 Å². The molecule has 1 aliphatic rings. The fourth-order valence-corrected chi connectivity index (χ4v) is 3.43. The van der Waals surface area contributed by atoms with Crippen LogP contribution in [0.4, 0.5) is 0 Å². The minimum Gasteiger partial charge on any atom is -0.386 e. The van der Waals surface area contributed by atoms with Crippen LogP contribution in [0, 0.1) is 11.3 Å². The molecule has 0 aromatic heterocycles. The Morgan fingerprint density at radius 1 is 1.41 bits per heavy atom. The summed E-state index contributed by atoms with van der Waals surface area (Å²) in [6, 6.07) is 0. The van der Waals surface area contributed by atoms with Crippen molar-refractivity contribution in [1.82, 2.24) is 4.72 Å². The van der Waals surface area contributed by atoms with E-state index in [1.54, 1.807) is 6.92 Å². The molecule has 0 spiro atoms. The Labute approximate surface area is 104 Å². The van der Waals surface area contributed by atoms with Gasteiger partial charge in [0.05, 0.1) is 11.3 Å². The second kappa shape index (κ2) is 5.35. The van der Waals surface area contributed by atoms with Crippen LogP contribution in [-0.4, -0.2) is 25.5 Å². The molecule has 0 amide bonds. The average Bonchev–Trinajstić information content (AvgIpc) is 2.29. The van der Waals surface area contributed by atoms with E-state index in [1.807, 2.05) is 0 Å². The number of nitrogens with two attached hydrogens (primary N) is 1. The van der Waals surface area contributed by atoms with Gasteiger partial charge in [-0.1, -0.05) is 13.3 Å². The summed E-state index contributed by atoms with van der Waals surface area (Å²) in [5.41, 5.74) is 4.77. The van der Waals surface area contributed by atoms with Crippen molar-refractivity contribution >= 4 is 15.9 Å². The summed E-state index contributed by atoms with van der Waals surface area (Å²) in [5, 5.41) is 7.67. The molecule has 1 saturated carbocycles. The maximum atomic E-state index is 11.7. The Bertz CT molecular complexity index is 370. The lowest BCUT2D eigenvalue weighted by molar-refractivity contribution is 0.266. The summed E-state index contributed by atoms with van der Waals surface area (Å²) < 4.78 is 26.0. The second-order valence-electron chi connectivity index (χ2n) is 4.85. The third kappa shape index (κ3) is 3.42. The minimum absolute atomic E-state index is 0.0270. The monoisotopic (exact) mass is 261 g/mol. The predicted octanol–water partition coefficient (Wildman–Crippen LogP) is 1.20. The molecule has 0 aromatic rings. The van der Waals surface area contributed by atoms with Crippen molar-refractivity contribution in [1.29, 1.82) is 5.41 Å². The van der Waals surface area contributed by atoms with Gasteiger partial charge in [-0.25, -0.2) is 13.1 Å². The van der Waals surface area contributed by atoms with Gasteiger partial charge in [0, 0.05) is 0 Å². The van der Waals surface area contributed by atoms with Crippen LogP contribution in [0.5, 0.6) is 0 Å². The molecule has 6 heteroatoms. The molecule has 0 aromatic carbocycles. The molecule has 0 atom stereocenters. The number of nitrogens with one attached hydrogen (secondary N) is 2. The van der Waals surface area contributed by atoms with E-state index in [2.05, 4.69) is 11.6 Å². The Morgan fingerprint density at radius 3 is 2.29 bits per heavy atom. The van der Waals surface area contributed by atoms with E-state index >= 15 is 0 Å². The van der Waals surface area contributed by atoms with E-state index < -0.39 is 15.6 Å². The first-order valence-corrected chi connectivity index (χ1v) is 7.86. The lowest BCUT2D eigenvalue weighted by atomic mass is 9.75. The van der Waals surface area contributed by atoms with Crippen LogP contribution < -0.4 is 10.5 Å². The average molecular weight is 261 g/mol. The fourth-order valence-electron chi connectivity index (χ4n) is 2.37. The largest absolute Gasteiger partial charge is 0.386 e. The lowest BCUT2D eigenvalue weighted by Crippen LogP contribution is -2.59. The molecule has 0 bridgehead atoms. The van der Waals surface area contributed by atoms with Gasteiger partial charge >= 0.3 is 0 Å². The van der Waals surface area contributed by atoms with E-state index in [0.29, 0.717) is 18.8 Å². The van der Waals surface area contributed by atoms with Crippen molar-refractivity contribution < 1.29 is 8.42 Å². The van der Waals surface area contributed by atoms with Gasteiger partial charge in [0.1, 0.15) is 5.84 Å². The third-order valence-electron chi connectivity index (χ3n) is 3.78. The maximum absolute atomic E-state index is 11.7. The maximum Gasteiger partial charge on any atom is 0.212 e. The molecule has 0 heterocycles. The molecule has 1 rings (SSSR count). The van der Waals surface area contributed by atoms with Crippen LogP contribution in [0.1, 0.15) is 46.0 Å². The molecular formula is C11H23N3O2S. The van der Waals surface area contributed by atoms with E-state index in [-0.39, 0.29) is 11.6 Å². The number of hydrogen-bond acceptors (Lipinski definition) is 3. The van der Waals surface area contributed by atoms with Crippen LogP contribution >= 0.6 is 0 Å². The molecule has 5 nitrogen and oxygen atoms in total. The van der Waals surface area contributed by atoms with Gasteiger partial charge < -0.3 is 5.73 Å². The Kier molecular flexibility index (Phi) is 4.55. The summed E-state index contributed by atoms with van der Waals surface area (Å²) in [4.78, 5) is 0. The van der Waals surface area contributed by atoms with Gasteiger partial charge in [0.2, 0.25) is 10.0 Å². The van der Waals surface area contributed by atoms with Crippen molar-refractivity contribution in [2.45, 2.75) is 51.5 Å². The van der Waals surface area contributed by atoms with Gasteiger partial charge in [-0.15, -0.1) is 0 Å². The summed E-state index contributed by atoms with van der Waals surface area (Å²) in [5.74, 6) is 0.608.